The number of ether oxygens (including phenoxy) is 1. The van der Waals surface area contributed by atoms with Gasteiger partial charge in [0.1, 0.15) is 24.0 Å². The second-order valence-corrected chi connectivity index (χ2v) is 4.72. The van der Waals surface area contributed by atoms with Gasteiger partial charge in [-0.25, -0.2) is 8.78 Å². The summed E-state index contributed by atoms with van der Waals surface area (Å²) in [6, 6.07) is 7.63. The van der Waals surface area contributed by atoms with Crippen molar-refractivity contribution in [1.29, 1.82) is 0 Å². The molecule has 20 heavy (non-hydrogen) atoms. The quantitative estimate of drug-likeness (QED) is 0.474. The third kappa shape index (κ3) is 3.11. The average molecular weight is 344 g/mol. The molecule has 0 saturated heterocycles. The van der Waals surface area contributed by atoms with Gasteiger partial charge >= 0.3 is 0 Å². The lowest BCUT2D eigenvalue weighted by molar-refractivity contribution is -0.384. The van der Waals surface area contributed by atoms with Crippen molar-refractivity contribution in [2.45, 2.75) is 6.61 Å². The molecule has 0 bridgehead atoms. The Morgan fingerprint density at radius 2 is 1.80 bits per heavy atom. The molecular formula is C13H8BrF2NO3. The highest BCUT2D eigenvalue weighted by molar-refractivity contribution is 9.10. The van der Waals surface area contributed by atoms with Gasteiger partial charge in [0.05, 0.1) is 15.0 Å². The molecule has 0 radical (unpaired) electrons. The molecule has 0 N–H and O–H groups in total. The standard InChI is InChI=1S/C13H8BrF2NO3/c14-11-5-6-12(15)10(13(11)16)7-20-9-3-1-8(2-4-9)17(18)19/h1-6H,7H2. The zero-order valence-corrected chi connectivity index (χ0v) is 11.6. The van der Waals surface area contributed by atoms with Gasteiger partial charge in [-0.3, -0.25) is 10.1 Å². The second-order valence-electron chi connectivity index (χ2n) is 3.86. The van der Waals surface area contributed by atoms with Crippen LogP contribution in [0, 0.1) is 21.7 Å². The molecule has 0 spiro atoms. The van der Waals surface area contributed by atoms with Crippen LogP contribution in [-0.2, 0) is 6.61 Å². The molecular weight excluding hydrogens is 336 g/mol. The van der Waals surface area contributed by atoms with Crippen LogP contribution < -0.4 is 4.74 Å². The normalized spacial score (nSPS) is 10.3. The average Bonchev–Trinajstić information content (AvgIpc) is 2.43. The minimum Gasteiger partial charge on any atom is -0.489 e. The van der Waals surface area contributed by atoms with Crippen molar-refractivity contribution < 1.29 is 18.4 Å². The van der Waals surface area contributed by atoms with Gasteiger partial charge in [0.25, 0.3) is 5.69 Å². The van der Waals surface area contributed by atoms with E-state index in [9.17, 15) is 18.9 Å². The molecule has 104 valence electrons. The number of rotatable bonds is 4. The summed E-state index contributed by atoms with van der Waals surface area (Å²) in [6.45, 7) is -0.311. The monoisotopic (exact) mass is 343 g/mol. The third-order valence-corrected chi connectivity index (χ3v) is 3.18. The Morgan fingerprint density at radius 1 is 1.15 bits per heavy atom. The molecule has 0 heterocycles. The number of hydrogen-bond donors (Lipinski definition) is 0. The van der Waals surface area contributed by atoms with Crippen LogP contribution >= 0.6 is 15.9 Å². The molecule has 0 aliphatic rings. The summed E-state index contributed by atoms with van der Waals surface area (Å²) in [5.74, 6) is -1.16. The van der Waals surface area contributed by atoms with E-state index in [0.717, 1.165) is 6.07 Å². The van der Waals surface area contributed by atoms with Crippen LogP contribution in [0.2, 0.25) is 0 Å². The van der Waals surface area contributed by atoms with Crippen molar-refractivity contribution in [2.24, 2.45) is 0 Å². The Balaban J connectivity index is 2.13. The summed E-state index contributed by atoms with van der Waals surface area (Å²) >= 11 is 2.96. The molecule has 0 saturated carbocycles. The first-order chi connectivity index (χ1) is 9.49. The minimum atomic E-state index is -0.730. The molecule has 2 aromatic carbocycles. The largest absolute Gasteiger partial charge is 0.489 e. The van der Waals surface area contributed by atoms with Crippen molar-refractivity contribution in [3.05, 3.63) is 68.2 Å². The lowest BCUT2D eigenvalue weighted by atomic mass is 10.2. The van der Waals surface area contributed by atoms with E-state index in [-0.39, 0.29) is 28.1 Å². The van der Waals surface area contributed by atoms with Crippen LogP contribution in [0.25, 0.3) is 0 Å². The maximum Gasteiger partial charge on any atom is 0.269 e. The Morgan fingerprint density at radius 3 is 2.40 bits per heavy atom. The van der Waals surface area contributed by atoms with Gasteiger partial charge in [-0.05, 0) is 40.2 Å². The van der Waals surface area contributed by atoms with Gasteiger partial charge in [0.2, 0.25) is 0 Å². The maximum absolute atomic E-state index is 13.7. The van der Waals surface area contributed by atoms with E-state index in [0.29, 0.717) is 0 Å². The topological polar surface area (TPSA) is 52.4 Å². The molecule has 4 nitrogen and oxygen atoms in total. The first kappa shape index (κ1) is 14.4. The molecule has 0 aliphatic heterocycles. The van der Waals surface area contributed by atoms with Gasteiger partial charge in [0.15, 0.2) is 0 Å². The summed E-state index contributed by atoms with van der Waals surface area (Å²) in [6.07, 6.45) is 0. The van der Waals surface area contributed by atoms with Gasteiger partial charge in [-0.1, -0.05) is 0 Å². The van der Waals surface area contributed by atoms with Crippen LogP contribution in [0.1, 0.15) is 5.56 Å². The zero-order chi connectivity index (χ0) is 14.7. The maximum atomic E-state index is 13.7. The predicted molar refractivity (Wildman–Crippen MR) is 71.5 cm³/mol. The molecule has 0 fully saturated rings. The number of nitrogens with zero attached hydrogens (tertiary/aromatic N) is 1. The van der Waals surface area contributed by atoms with Gasteiger partial charge in [0, 0.05) is 12.1 Å². The van der Waals surface area contributed by atoms with Crippen molar-refractivity contribution in [2.75, 3.05) is 0 Å². The van der Waals surface area contributed by atoms with E-state index in [1.165, 1.54) is 30.3 Å². The number of non-ortho nitro benzene ring substituents is 1. The summed E-state index contributed by atoms with van der Waals surface area (Å²) in [5.41, 5.74) is -0.296. The minimum absolute atomic E-state index is 0.0860. The molecule has 2 aromatic rings. The highest BCUT2D eigenvalue weighted by Crippen LogP contribution is 2.24. The molecule has 0 unspecified atom stereocenters. The van der Waals surface area contributed by atoms with Gasteiger partial charge < -0.3 is 4.74 Å². The van der Waals surface area contributed by atoms with E-state index in [1.807, 2.05) is 0 Å². The highest BCUT2D eigenvalue weighted by atomic mass is 79.9. The Bertz CT molecular complexity index is 647. The van der Waals surface area contributed by atoms with Crippen LogP contribution in [0.15, 0.2) is 40.9 Å². The van der Waals surface area contributed by atoms with Crippen molar-refractivity contribution >= 4 is 21.6 Å². The molecule has 7 heteroatoms. The first-order valence-electron chi connectivity index (χ1n) is 5.48. The van der Waals surface area contributed by atoms with E-state index in [1.54, 1.807) is 0 Å². The van der Waals surface area contributed by atoms with Crippen molar-refractivity contribution in [1.82, 2.24) is 0 Å². The Kier molecular flexibility index (Phi) is 4.29. The van der Waals surface area contributed by atoms with E-state index < -0.39 is 16.6 Å². The fourth-order valence-corrected chi connectivity index (χ4v) is 1.89. The van der Waals surface area contributed by atoms with Crippen LogP contribution in [0.4, 0.5) is 14.5 Å². The lowest BCUT2D eigenvalue weighted by Gasteiger charge is -2.09. The smallest absolute Gasteiger partial charge is 0.269 e. The van der Waals surface area contributed by atoms with E-state index >= 15 is 0 Å². The van der Waals surface area contributed by atoms with Crippen molar-refractivity contribution in [3.8, 4) is 5.75 Å². The number of nitro groups is 1. The van der Waals surface area contributed by atoms with Crippen LogP contribution in [0.3, 0.4) is 0 Å². The summed E-state index contributed by atoms with van der Waals surface area (Å²) in [7, 11) is 0. The zero-order valence-electron chi connectivity index (χ0n) is 9.98. The molecule has 2 rings (SSSR count). The summed E-state index contributed by atoms with van der Waals surface area (Å²) in [4.78, 5) is 9.93. The second kappa shape index (κ2) is 5.96. The van der Waals surface area contributed by atoms with E-state index in [2.05, 4.69) is 15.9 Å². The first-order valence-corrected chi connectivity index (χ1v) is 6.28. The number of hydrogen-bond acceptors (Lipinski definition) is 3. The fourth-order valence-electron chi connectivity index (χ4n) is 1.52. The van der Waals surface area contributed by atoms with Crippen LogP contribution in [-0.4, -0.2) is 4.92 Å². The SMILES string of the molecule is O=[N+]([O-])c1ccc(OCc2c(F)ccc(Br)c2F)cc1. The summed E-state index contributed by atoms with van der Waals surface area (Å²) < 4.78 is 32.5. The van der Waals surface area contributed by atoms with Crippen LogP contribution in [0.5, 0.6) is 5.75 Å². The Labute approximate surface area is 121 Å². The molecule has 0 aromatic heterocycles. The summed E-state index contributed by atoms with van der Waals surface area (Å²) in [5, 5.41) is 10.5. The Hall–Kier alpha value is -2.02. The van der Waals surface area contributed by atoms with Crippen molar-refractivity contribution in [3.63, 3.8) is 0 Å². The van der Waals surface area contributed by atoms with E-state index in [4.69, 9.17) is 4.74 Å². The van der Waals surface area contributed by atoms with Gasteiger partial charge in [-0.15, -0.1) is 0 Å². The molecule has 0 aliphatic carbocycles. The molecule has 0 atom stereocenters. The number of nitro benzene ring substituents is 1. The van der Waals surface area contributed by atoms with Gasteiger partial charge in [-0.2, -0.15) is 0 Å². The number of benzene rings is 2. The predicted octanol–water partition coefficient (Wildman–Crippen LogP) is 4.21. The highest BCUT2D eigenvalue weighted by Gasteiger charge is 2.13. The number of halogens is 3. The molecule has 0 amide bonds. The lowest BCUT2D eigenvalue weighted by Crippen LogP contribution is -2.02. The third-order valence-electron chi connectivity index (χ3n) is 2.57. The fraction of sp³-hybridized carbons (Fsp3) is 0.0769.